The predicted molar refractivity (Wildman–Crippen MR) is 103 cm³/mol. The zero-order valence-corrected chi connectivity index (χ0v) is 15.1. The van der Waals surface area contributed by atoms with E-state index < -0.39 is 0 Å². The summed E-state index contributed by atoms with van der Waals surface area (Å²) >= 11 is 0. The highest BCUT2D eigenvalue weighted by Crippen LogP contribution is 2.31. The number of nitrogens with one attached hydrogen (secondary N) is 1. The van der Waals surface area contributed by atoms with Crippen LogP contribution < -0.4 is 14.8 Å². The highest BCUT2D eigenvalue weighted by Gasteiger charge is 2.27. The number of ether oxygens (including phenoxy) is 2. The van der Waals surface area contributed by atoms with Gasteiger partial charge in [0.05, 0.1) is 17.4 Å². The Morgan fingerprint density at radius 1 is 1.54 bits per heavy atom. The predicted octanol–water partition coefficient (Wildman–Crippen LogP) is 2.67. The standard InChI is InChI=1S/C20H25N3O3/c1-3-4-6-16(21-2)18-7-5-10-23(18)11-12-25-15-8-9-17-19(13-15)26-14-20(24)22-17/h3-4,6,8-9,13,18H,1,5,7,10-12,14H2,2H3,(H,22,24)/b6-4-,21-16?. The molecule has 1 N–H and O–H groups in total. The van der Waals surface area contributed by atoms with Crippen molar-refractivity contribution in [2.45, 2.75) is 18.9 Å². The van der Waals surface area contributed by atoms with E-state index in [1.54, 1.807) is 6.08 Å². The molecule has 2 aliphatic heterocycles. The zero-order valence-electron chi connectivity index (χ0n) is 15.1. The van der Waals surface area contributed by atoms with Crippen LogP contribution in [0.2, 0.25) is 0 Å². The number of nitrogens with zero attached hydrogens (tertiary/aromatic N) is 2. The summed E-state index contributed by atoms with van der Waals surface area (Å²) in [6.45, 7) is 6.24. The lowest BCUT2D eigenvalue weighted by molar-refractivity contribution is -0.118. The maximum absolute atomic E-state index is 11.3. The minimum Gasteiger partial charge on any atom is -0.492 e. The summed E-state index contributed by atoms with van der Waals surface area (Å²) in [7, 11) is 1.83. The molecule has 0 bridgehead atoms. The molecule has 2 aliphatic rings. The lowest BCUT2D eigenvalue weighted by Gasteiger charge is -2.24. The van der Waals surface area contributed by atoms with E-state index in [0.29, 0.717) is 24.1 Å². The van der Waals surface area contributed by atoms with Crippen LogP contribution in [0.3, 0.4) is 0 Å². The minimum atomic E-state index is -0.134. The molecule has 0 aliphatic carbocycles. The fraction of sp³-hybridized carbons (Fsp3) is 0.400. The van der Waals surface area contributed by atoms with Crippen molar-refractivity contribution >= 4 is 17.3 Å². The highest BCUT2D eigenvalue weighted by molar-refractivity contribution is 5.99. The summed E-state index contributed by atoms with van der Waals surface area (Å²) in [5.41, 5.74) is 1.77. The van der Waals surface area contributed by atoms with Gasteiger partial charge < -0.3 is 14.8 Å². The Hall–Kier alpha value is -2.60. The van der Waals surface area contributed by atoms with Crippen molar-refractivity contribution in [2.24, 2.45) is 4.99 Å². The van der Waals surface area contributed by atoms with E-state index in [0.717, 1.165) is 37.4 Å². The first-order valence-corrected chi connectivity index (χ1v) is 8.90. The number of aliphatic imine (C=N–C) groups is 1. The number of rotatable bonds is 7. The molecule has 1 unspecified atom stereocenters. The van der Waals surface area contributed by atoms with E-state index in [4.69, 9.17) is 9.47 Å². The molecule has 3 rings (SSSR count). The third-order valence-electron chi connectivity index (χ3n) is 4.60. The number of benzene rings is 1. The van der Waals surface area contributed by atoms with Crippen molar-refractivity contribution in [3.05, 3.63) is 43.0 Å². The highest BCUT2D eigenvalue weighted by atomic mass is 16.5. The van der Waals surface area contributed by atoms with Crippen LogP contribution in [0, 0.1) is 0 Å². The molecule has 1 aromatic rings. The maximum atomic E-state index is 11.3. The summed E-state index contributed by atoms with van der Waals surface area (Å²) in [4.78, 5) is 18.1. The Morgan fingerprint density at radius 3 is 3.23 bits per heavy atom. The molecule has 1 fully saturated rings. The second kappa shape index (κ2) is 8.67. The van der Waals surface area contributed by atoms with Gasteiger partial charge in [-0.25, -0.2) is 0 Å². The Morgan fingerprint density at radius 2 is 2.42 bits per heavy atom. The van der Waals surface area contributed by atoms with Crippen molar-refractivity contribution < 1.29 is 14.3 Å². The number of hydrogen-bond acceptors (Lipinski definition) is 5. The molecule has 0 radical (unpaired) electrons. The number of allylic oxidation sites excluding steroid dienone is 2. The Balaban J connectivity index is 1.55. The number of hydrogen-bond donors (Lipinski definition) is 1. The third-order valence-corrected chi connectivity index (χ3v) is 4.60. The normalized spacial score (nSPS) is 20.6. The van der Waals surface area contributed by atoms with Crippen LogP contribution in [-0.4, -0.2) is 55.9 Å². The molecule has 2 heterocycles. The quantitative estimate of drug-likeness (QED) is 0.603. The number of likely N-dealkylation sites (tertiary alicyclic amines) is 1. The van der Waals surface area contributed by atoms with Crippen LogP contribution in [0.5, 0.6) is 11.5 Å². The second-order valence-corrected chi connectivity index (χ2v) is 6.28. The molecule has 26 heavy (non-hydrogen) atoms. The molecule has 1 amide bonds. The lowest BCUT2D eigenvalue weighted by Crippen LogP contribution is -2.38. The zero-order chi connectivity index (χ0) is 18.4. The van der Waals surface area contributed by atoms with Crippen LogP contribution in [0.4, 0.5) is 5.69 Å². The number of fused-ring (bicyclic) bond motifs is 1. The fourth-order valence-corrected chi connectivity index (χ4v) is 3.36. The number of carbonyl (C=O) groups is 1. The summed E-state index contributed by atoms with van der Waals surface area (Å²) in [6.07, 6.45) is 8.01. The van der Waals surface area contributed by atoms with Gasteiger partial charge >= 0.3 is 0 Å². The van der Waals surface area contributed by atoms with Gasteiger partial charge in [0.15, 0.2) is 6.61 Å². The van der Waals surface area contributed by atoms with Crippen molar-refractivity contribution in [3.8, 4) is 11.5 Å². The van der Waals surface area contributed by atoms with Crippen molar-refractivity contribution in [1.29, 1.82) is 0 Å². The van der Waals surface area contributed by atoms with Gasteiger partial charge in [-0.15, -0.1) is 0 Å². The number of carbonyl (C=O) groups excluding carboxylic acids is 1. The molecular weight excluding hydrogens is 330 g/mol. The first-order chi connectivity index (χ1) is 12.7. The molecule has 1 atom stereocenters. The number of anilines is 1. The van der Waals surface area contributed by atoms with E-state index in [1.807, 2.05) is 37.4 Å². The Kier molecular flexibility index (Phi) is 6.07. The maximum Gasteiger partial charge on any atom is 0.262 e. The lowest BCUT2D eigenvalue weighted by atomic mass is 10.1. The minimum absolute atomic E-state index is 0.0449. The van der Waals surface area contributed by atoms with Gasteiger partial charge in [-0.05, 0) is 37.6 Å². The smallest absolute Gasteiger partial charge is 0.262 e. The first-order valence-electron chi connectivity index (χ1n) is 8.90. The molecule has 1 aromatic carbocycles. The average molecular weight is 355 g/mol. The first kappa shape index (κ1) is 18.2. The van der Waals surface area contributed by atoms with Crippen molar-refractivity contribution in [3.63, 3.8) is 0 Å². The second-order valence-electron chi connectivity index (χ2n) is 6.28. The summed E-state index contributed by atoms with van der Waals surface area (Å²) in [5.74, 6) is 1.26. The molecule has 1 saturated heterocycles. The third kappa shape index (κ3) is 4.32. The van der Waals surface area contributed by atoms with Gasteiger partial charge in [0.1, 0.15) is 18.1 Å². The van der Waals surface area contributed by atoms with Crippen molar-refractivity contribution in [2.75, 3.05) is 38.7 Å². The number of amides is 1. The van der Waals surface area contributed by atoms with E-state index >= 15 is 0 Å². The van der Waals surface area contributed by atoms with Crippen molar-refractivity contribution in [1.82, 2.24) is 4.90 Å². The van der Waals surface area contributed by atoms with E-state index in [-0.39, 0.29) is 12.5 Å². The van der Waals surface area contributed by atoms with Crippen LogP contribution in [0.1, 0.15) is 12.8 Å². The van der Waals surface area contributed by atoms with Crippen LogP contribution in [0.25, 0.3) is 0 Å². The van der Waals surface area contributed by atoms with Gasteiger partial charge in [0.2, 0.25) is 0 Å². The largest absolute Gasteiger partial charge is 0.492 e. The fourth-order valence-electron chi connectivity index (χ4n) is 3.36. The molecule has 6 nitrogen and oxygen atoms in total. The topological polar surface area (TPSA) is 63.2 Å². The Labute approximate surface area is 154 Å². The van der Waals surface area contributed by atoms with Gasteiger partial charge in [-0.1, -0.05) is 18.7 Å². The Bertz CT molecular complexity index is 727. The van der Waals surface area contributed by atoms with E-state index in [2.05, 4.69) is 21.8 Å². The summed E-state index contributed by atoms with van der Waals surface area (Å²) < 4.78 is 11.3. The van der Waals surface area contributed by atoms with Gasteiger partial charge in [-0.2, -0.15) is 0 Å². The van der Waals surface area contributed by atoms with E-state index in [1.165, 1.54) is 0 Å². The van der Waals surface area contributed by atoms with E-state index in [9.17, 15) is 4.79 Å². The van der Waals surface area contributed by atoms with Crippen LogP contribution in [-0.2, 0) is 4.79 Å². The molecular formula is C20H25N3O3. The monoisotopic (exact) mass is 355 g/mol. The molecule has 6 heteroatoms. The van der Waals surface area contributed by atoms with Crippen LogP contribution >= 0.6 is 0 Å². The van der Waals surface area contributed by atoms with Gasteiger partial charge in [0, 0.05) is 19.7 Å². The average Bonchev–Trinajstić information content (AvgIpc) is 3.11. The molecule has 0 spiro atoms. The van der Waals surface area contributed by atoms with Gasteiger partial charge in [-0.3, -0.25) is 14.7 Å². The molecule has 138 valence electrons. The molecule has 0 saturated carbocycles. The molecule has 0 aromatic heterocycles. The summed E-state index contributed by atoms with van der Waals surface area (Å²) in [6, 6.07) is 5.81. The summed E-state index contributed by atoms with van der Waals surface area (Å²) in [5, 5.41) is 2.78. The van der Waals surface area contributed by atoms with Gasteiger partial charge in [0.25, 0.3) is 5.91 Å². The SMILES string of the molecule is C=C/C=C\C(=NC)C1CCCN1CCOc1ccc2c(c1)OCC(=O)N2. The van der Waals surface area contributed by atoms with Crippen LogP contribution in [0.15, 0.2) is 48.0 Å².